The van der Waals surface area contributed by atoms with Crippen molar-refractivity contribution in [2.24, 2.45) is 0 Å². The number of hydrogen-bond acceptors (Lipinski definition) is 3. The predicted octanol–water partition coefficient (Wildman–Crippen LogP) is 6.65. The minimum atomic E-state index is -1.41. The molecule has 31 heavy (non-hydrogen) atoms. The summed E-state index contributed by atoms with van der Waals surface area (Å²) < 4.78 is 5.86. The number of alkyl halides is 1. The van der Waals surface area contributed by atoms with Gasteiger partial charge in [-0.25, -0.2) is 4.79 Å². The van der Waals surface area contributed by atoms with E-state index in [1.54, 1.807) is 48.5 Å². The standard InChI is InChI=1S/C23H14Cl3NO4/c24-14-7-4-12(5-8-14)20(26)13-6-9-18-17(10-13)21(19(23(29)30)22(28)27-18)31-16-3-1-2-15(25)11-16/h1-11,20H,(H,27,28)(H,29,30). The Kier molecular flexibility index (Phi) is 5.92. The average molecular weight is 475 g/mol. The van der Waals surface area contributed by atoms with Crippen LogP contribution in [0.1, 0.15) is 26.9 Å². The number of aromatic carboxylic acids is 1. The van der Waals surface area contributed by atoms with Crippen molar-refractivity contribution in [1.82, 2.24) is 4.98 Å². The van der Waals surface area contributed by atoms with Crippen molar-refractivity contribution in [3.8, 4) is 11.5 Å². The molecule has 0 radical (unpaired) electrons. The number of benzene rings is 3. The fourth-order valence-electron chi connectivity index (χ4n) is 3.21. The summed E-state index contributed by atoms with van der Waals surface area (Å²) in [7, 11) is 0. The van der Waals surface area contributed by atoms with Crippen LogP contribution in [0.15, 0.2) is 71.5 Å². The highest BCUT2D eigenvalue weighted by molar-refractivity contribution is 6.31. The van der Waals surface area contributed by atoms with E-state index in [9.17, 15) is 14.7 Å². The molecule has 5 nitrogen and oxygen atoms in total. The molecule has 0 saturated carbocycles. The number of rotatable bonds is 5. The number of pyridine rings is 1. The van der Waals surface area contributed by atoms with Crippen LogP contribution in [-0.2, 0) is 0 Å². The van der Waals surface area contributed by atoms with Crippen LogP contribution in [0.2, 0.25) is 10.0 Å². The molecule has 0 aliphatic rings. The van der Waals surface area contributed by atoms with E-state index in [2.05, 4.69) is 4.98 Å². The third kappa shape index (κ3) is 4.39. The zero-order valence-electron chi connectivity index (χ0n) is 15.7. The molecule has 1 unspecified atom stereocenters. The van der Waals surface area contributed by atoms with Crippen molar-refractivity contribution in [2.45, 2.75) is 5.38 Å². The highest BCUT2D eigenvalue weighted by Crippen LogP contribution is 2.36. The van der Waals surface area contributed by atoms with Gasteiger partial charge in [0.15, 0.2) is 11.3 Å². The van der Waals surface area contributed by atoms with Crippen LogP contribution >= 0.6 is 34.8 Å². The Morgan fingerprint density at radius 1 is 0.935 bits per heavy atom. The zero-order chi connectivity index (χ0) is 22.1. The molecule has 0 saturated heterocycles. The number of carbonyl (C=O) groups is 1. The Morgan fingerprint density at radius 2 is 1.65 bits per heavy atom. The molecule has 0 aliphatic heterocycles. The summed E-state index contributed by atoms with van der Waals surface area (Å²) in [6.07, 6.45) is 0. The molecule has 1 aromatic heterocycles. The number of hydrogen-bond donors (Lipinski definition) is 2. The van der Waals surface area contributed by atoms with E-state index in [-0.39, 0.29) is 5.75 Å². The van der Waals surface area contributed by atoms with E-state index in [4.69, 9.17) is 39.5 Å². The Hall–Kier alpha value is -2.99. The molecule has 0 amide bonds. The van der Waals surface area contributed by atoms with Gasteiger partial charge in [0, 0.05) is 15.4 Å². The summed E-state index contributed by atoms with van der Waals surface area (Å²) in [6, 6.07) is 18.7. The number of carboxylic acids is 1. The number of fused-ring (bicyclic) bond motifs is 1. The Bertz CT molecular complexity index is 1350. The molecule has 8 heteroatoms. The summed E-state index contributed by atoms with van der Waals surface area (Å²) in [6.45, 7) is 0. The minimum Gasteiger partial charge on any atom is -0.477 e. The van der Waals surface area contributed by atoms with Crippen molar-refractivity contribution in [3.63, 3.8) is 0 Å². The van der Waals surface area contributed by atoms with Gasteiger partial charge in [0.2, 0.25) is 0 Å². The van der Waals surface area contributed by atoms with E-state index >= 15 is 0 Å². The first kappa shape index (κ1) is 21.2. The van der Waals surface area contributed by atoms with Gasteiger partial charge in [-0.1, -0.05) is 47.5 Å². The topological polar surface area (TPSA) is 79.4 Å². The lowest BCUT2D eigenvalue weighted by Gasteiger charge is -2.15. The highest BCUT2D eigenvalue weighted by atomic mass is 35.5. The molecule has 0 fully saturated rings. The van der Waals surface area contributed by atoms with Crippen LogP contribution in [-0.4, -0.2) is 16.1 Å². The number of aromatic amines is 1. The summed E-state index contributed by atoms with van der Waals surface area (Å²) >= 11 is 18.6. The second-order valence-corrected chi connectivity index (χ2v) is 8.05. The van der Waals surface area contributed by atoms with E-state index in [0.29, 0.717) is 32.3 Å². The molecule has 1 heterocycles. The number of nitrogens with one attached hydrogen (secondary N) is 1. The smallest absolute Gasteiger partial charge is 0.345 e. The molecule has 0 spiro atoms. The van der Waals surface area contributed by atoms with Crippen molar-refractivity contribution in [2.75, 3.05) is 0 Å². The SMILES string of the molecule is O=C(O)c1c(Oc2cccc(Cl)c2)c2cc(C(Cl)c3ccc(Cl)cc3)ccc2[nH]c1=O. The van der Waals surface area contributed by atoms with Crippen molar-refractivity contribution in [3.05, 3.63) is 104 Å². The van der Waals surface area contributed by atoms with Crippen LogP contribution < -0.4 is 10.3 Å². The number of aromatic nitrogens is 1. The fourth-order valence-corrected chi connectivity index (χ4v) is 3.80. The Morgan fingerprint density at radius 3 is 2.32 bits per heavy atom. The first-order valence-corrected chi connectivity index (χ1v) is 10.3. The van der Waals surface area contributed by atoms with E-state index in [1.165, 1.54) is 6.07 Å². The van der Waals surface area contributed by atoms with Gasteiger partial charge < -0.3 is 14.8 Å². The highest BCUT2D eigenvalue weighted by Gasteiger charge is 2.22. The van der Waals surface area contributed by atoms with E-state index < -0.39 is 22.5 Å². The lowest BCUT2D eigenvalue weighted by Crippen LogP contribution is -2.19. The van der Waals surface area contributed by atoms with Crippen LogP contribution in [0, 0.1) is 0 Å². The largest absolute Gasteiger partial charge is 0.477 e. The number of H-pyrrole nitrogens is 1. The lowest BCUT2D eigenvalue weighted by molar-refractivity contribution is 0.0692. The number of halogens is 3. The molecule has 2 N–H and O–H groups in total. The molecule has 1 atom stereocenters. The second kappa shape index (κ2) is 8.63. The van der Waals surface area contributed by atoms with Crippen LogP contribution in [0.5, 0.6) is 11.5 Å². The third-order valence-corrected chi connectivity index (χ3v) is 5.67. The normalized spacial score (nSPS) is 12.0. The maximum Gasteiger partial charge on any atom is 0.345 e. The van der Waals surface area contributed by atoms with E-state index in [1.807, 2.05) is 12.1 Å². The molecule has 4 aromatic rings. The van der Waals surface area contributed by atoms with Crippen molar-refractivity contribution < 1.29 is 14.6 Å². The zero-order valence-corrected chi connectivity index (χ0v) is 18.0. The molecule has 0 aliphatic carbocycles. The Balaban J connectivity index is 1.90. The summed E-state index contributed by atoms with van der Waals surface area (Å²) in [5, 5.41) is 10.5. The van der Waals surface area contributed by atoms with Crippen molar-refractivity contribution >= 4 is 51.7 Å². The van der Waals surface area contributed by atoms with Gasteiger partial charge in [-0.3, -0.25) is 4.79 Å². The van der Waals surface area contributed by atoms with Crippen LogP contribution in [0.4, 0.5) is 0 Å². The maximum atomic E-state index is 12.4. The monoisotopic (exact) mass is 473 g/mol. The second-order valence-electron chi connectivity index (χ2n) is 6.74. The van der Waals surface area contributed by atoms with Gasteiger partial charge in [-0.2, -0.15) is 0 Å². The van der Waals surface area contributed by atoms with Gasteiger partial charge in [-0.15, -0.1) is 11.6 Å². The van der Waals surface area contributed by atoms with Crippen LogP contribution in [0.25, 0.3) is 10.9 Å². The molecular formula is C23H14Cl3NO4. The van der Waals surface area contributed by atoms with Gasteiger partial charge >= 0.3 is 5.97 Å². The number of carboxylic acid groups (broad SMARTS) is 1. The molecule has 0 bridgehead atoms. The predicted molar refractivity (Wildman–Crippen MR) is 122 cm³/mol. The van der Waals surface area contributed by atoms with E-state index in [0.717, 1.165) is 5.56 Å². The van der Waals surface area contributed by atoms with Gasteiger partial charge in [0.25, 0.3) is 5.56 Å². The van der Waals surface area contributed by atoms with Crippen LogP contribution in [0.3, 0.4) is 0 Å². The van der Waals surface area contributed by atoms with Gasteiger partial charge in [-0.05, 0) is 53.6 Å². The maximum absolute atomic E-state index is 12.4. The third-order valence-electron chi connectivity index (χ3n) is 4.68. The minimum absolute atomic E-state index is 0.0876. The van der Waals surface area contributed by atoms with Crippen molar-refractivity contribution in [1.29, 1.82) is 0 Å². The Labute approximate surface area is 191 Å². The quantitative estimate of drug-likeness (QED) is 0.317. The lowest BCUT2D eigenvalue weighted by atomic mass is 10.0. The van der Waals surface area contributed by atoms with Gasteiger partial charge in [0.05, 0.1) is 10.9 Å². The molecular weight excluding hydrogens is 461 g/mol. The average Bonchev–Trinajstić information content (AvgIpc) is 2.73. The first-order chi connectivity index (χ1) is 14.8. The molecule has 3 aromatic carbocycles. The first-order valence-electron chi connectivity index (χ1n) is 9.09. The summed E-state index contributed by atoms with van der Waals surface area (Å²) in [4.78, 5) is 26.9. The number of ether oxygens (including phenoxy) is 1. The molecule has 4 rings (SSSR count). The summed E-state index contributed by atoms with van der Waals surface area (Å²) in [5.74, 6) is -1.20. The summed E-state index contributed by atoms with van der Waals surface area (Å²) in [5.41, 5.74) is 0.629. The molecule has 156 valence electrons. The van der Waals surface area contributed by atoms with Gasteiger partial charge in [0.1, 0.15) is 5.75 Å². The fraction of sp³-hybridized carbons (Fsp3) is 0.0435.